The smallest absolute Gasteiger partial charge is 0.150 e. The van der Waals surface area contributed by atoms with Crippen molar-refractivity contribution in [3.63, 3.8) is 0 Å². The molecule has 16 nitrogen and oxygen atoms in total. The van der Waals surface area contributed by atoms with E-state index in [9.17, 15) is 19.3 Å². The SMILES string of the molecule is C[C@@H](Nc1ncnc(N)c1C#N)c1nc2ccc(F)cc2n1-c1cccnc1.C[C@H](Nc1ncnc(N)c1C#N)c1nc2ccc(F)cc2n1-c1cccnc1. The molecular formula is C38H30F2N16. The zero-order valence-corrected chi connectivity index (χ0v) is 29.7. The van der Waals surface area contributed by atoms with E-state index >= 15 is 0 Å². The standard InChI is InChI=1S/2C19H15FN8/c2*1-11(26-18-14(8-21)17(22)24-10-25-18)19-27-15-5-4-12(20)7-16(15)28(19)13-3-2-6-23-9-13/h2*2-7,9-11H,1H3,(H3,22,24,25,26)/t2*11-/m10/s1. The molecule has 18 heteroatoms. The highest BCUT2D eigenvalue weighted by atomic mass is 19.1. The number of imidazole rings is 2. The van der Waals surface area contributed by atoms with Gasteiger partial charge in [-0.05, 0) is 62.4 Å². The zero-order valence-electron chi connectivity index (χ0n) is 29.7. The number of anilines is 4. The summed E-state index contributed by atoms with van der Waals surface area (Å²) in [5.74, 6) is 1.28. The average molecular weight is 749 g/mol. The van der Waals surface area contributed by atoms with Gasteiger partial charge in [-0.25, -0.2) is 38.7 Å². The molecule has 0 aliphatic heterocycles. The number of nitrogen functional groups attached to an aromatic ring is 2. The molecule has 2 aromatic carbocycles. The summed E-state index contributed by atoms with van der Waals surface area (Å²) >= 11 is 0. The van der Waals surface area contributed by atoms with Crippen LogP contribution >= 0.6 is 0 Å². The van der Waals surface area contributed by atoms with Crippen molar-refractivity contribution >= 4 is 45.3 Å². The van der Waals surface area contributed by atoms with E-state index in [4.69, 9.17) is 11.5 Å². The molecule has 6 heterocycles. The van der Waals surface area contributed by atoms with Crippen LogP contribution in [0.3, 0.4) is 0 Å². The van der Waals surface area contributed by atoms with Crippen LogP contribution in [0.4, 0.5) is 32.1 Å². The quantitative estimate of drug-likeness (QED) is 0.140. The van der Waals surface area contributed by atoms with Crippen LogP contribution in [0, 0.1) is 34.3 Å². The Morgan fingerprint density at radius 1 is 0.643 bits per heavy atom. The van der Waals surface area contributed by atoms with Gasteiger partial charge in [0.05, 0.1) is 57.9 Å². The first-order valence-electron chi connectivity index (χ1n) is 16.9. The maximum absolute atomic E-state index is 13.9. The number of hydrogen-bond donors (Lipinski definition) is 4. The number of nitriles is 2. The van der Waals surface area contributed by atoms with Crippen molar-refractivity contribution in [3.8, 4) is 23.5 Å². The first kappa shape index (κ1) is 36.2. The van der Waals surface area contributed by atoms with Crippen LogP contribution in [0.25, 0.3) is 33.4 Å². The molecule has 0 aliphatic rings. The highest BCUT2D eigenvalue weighted by Gasteiger charge is 2.22. The van der Waals surface area contributed by atoms with Gasteiger partial charge in [-0.3, -0.25) is 19.1 Å². The minimum absolute atomic E-state index is 0.0926. The van der Waals surface area contributed by atoms with Gasteiger partial charge in [0, 0.05) is 24.5 Å². The minimum Gasteiger partial charge on any atom is -0.382 e. The summed E-state index contributed by atoms with van der Waals surface area (Å²) in [7, 11) is 0. The molecule has 8 rings (SSSR count). The molecule has 56 heavy (non-hydrogen) atoms. The van der Waals surface area contributed by atoms with Crippen molar-refractivity contribution in [3.05, 3.63) is 133 Å². The number of hydrogen-bond acceptors (Lipinski definition) is 14. The molecule has 6 aromatic heterocycles. The highest BCUT2D eigenvalue weighted by Crippen LogP contribution is 2.30. The fourth-order valence-corrected chi connectivity index (χ4v) is 6.01. The summed E-state index contributed by atoms with van der Waals surface area (Å²) in [6.45, 7) is 3.73. The molecule has 0 fully saturated rings. The Labute approximate surface area is 317 Å². The number of pyridine rings is 2. The number of nitrogens with two attached hydrogens (primary N) is 2. The second kappa shape index (κ2) is 15.5. The number of rotatable bonds is 8. The van der Waals surface area contributed by atoms with Crippen molar-refractivity contribution < 1.29 is 8.78 Å². The van der Waals surface area contributed by atoms with E-state index in [0.29, 0.717) is 45.4 Å². The normalized spacial score (nSPS) is 11.9. The summed E-state index contributed by atoms with van der Waals surface area (Å²) in [5, 5.41) is 25.0. The Morgan fingerprint density at radius 2 is 1.07 bits per heavy atom. The Morgan fingerprint density at radius 3 is 1.45 bits per heavy atom. The summed E-state index contributed by atoms with van der Waals surface area (Å²) in [5.41, 5.74) is 15.8. The maximum atomic E-state index is 13.9. The summed E-state index contributed by atoms with van der Waals surface area (Å²) in [6, 6.07) is 19.4. The Bertz CT molecular complexity index is 2580. The van der Waals surface area contributed by atoms with Gasteiger partial charge in [-0.1, -0.05) is 0 Å². The van der Waals surface area contributed by atoms with Crippen LogP contribution in [0.1, 0.15) is 48.7 Å². The van der Waals surface area contributed by atoms with Crippen LogP contribution < -0.4 is 22.1 Å². The third-order valence-corrected chi connectivity index (χ3v) is 8.55. The Balaban J connectivity index is 0.000000172. The molecule has 276 valence electrons. The summed E-state index contributed by atoms with van der Waals surface area (Å²) in [4.78, 5) is 33.5. The van der Waals surface area contributed by atoms with Crippen LogP contribution in [-0.2, 0) is 0 Å². The monoisotopic (exact) mass is 748 g/mol. The van der Waals surface area contributed by atoms with Crippen molar-refractivity contribution in [2.75, 3.05) is 22.1 Å². The van der Waals surface area contributed by atoms with E-state index in [0.717, 1.165) is 11.4 Å². The van der Waals surface area contributed by atoms with E-state index in [1.807, 2.05) is 47.3 Å². The molecule has 2 atom stereocenters. The topological polar surface area (TPSA) is 237 Å². The van der Waals surface area contributed by atoms with Crippen molar-refractivity contribution in [1.29, 1.82) is 10.5 Å². The fourth-order valence-electron chi connectivity index (χ4n) is 6.01. The molecule has 0 saturated carbocycles. The van der Waals surface area contributed by atoms with Gasteiger partial charge in [0.1, 0.15) is 82.5 Å². The maximum Gasteiger partial charge on any atom is 0.150 e. The van der Waals surface area contributed by atoms with Gasteiger partial charge in [-0.15, -0.1) is 0 Å². The number of nitrogens with one attached hydrogen (secondary N) is 2. The van der Waals surface area contributed by atoms with E-state index in [1.54, 1.807) is 49.1 Å². The van der Waals surface area contributed by atoms with Gasteiger partial charge >= 0.3 is 0 Å². The molecule has 0 amide bonds. The van der Waals surface area contributed by atoms with Crippen molar-refractivity contribution in [1.82, 2.24) is 49.0 Å². The van der Waals surface area contributed by atoms with E-state index < -0.39 is 0 Å². The van der Waals surface area contributed by atoms with Gasteiger partial charge in [0.15, 0.2) is 0 Å². The summed E-state index contributed by atoms with van der Waals surface area (Å²) in [6.07, 6.45) is 9.23. The molecule has 0 aliphatic carbocycles. The van der Waals surface area contributed by atoms with E-state index in [-0.39, 0.29) is 46.5 Å². The van der Waals surface area contributed by atoms with Crippen LogP contribution in [0.2, 0.25) is 0 Å². The molecule has 0 spiro atoms. The molecule has 8 aromatic rings. The predicted molar refractivity (Wildman–Crippen MR) is 204 cm³/mol. The lowest BCUT2D eigenvalue weighted by Gasteiger charge is -2.17. The number of nitrogens with zero attached hydrogens (tertiary/aromatic N) is 12. The van der Waals surface area contributed by atoms with Gasteiger partial charge in [0.2, 0.25) is 0 Å². The Hall–Kier alpha value is -8.12. The van der Waals surface area contributed by atoms with Gasteiger partial charge < -0.3 is 22.1 Å². The summed E-state index contributed by atoms with van der Waals surface area (Å²) < 4.78 is 31.4. The van der Waals surface area contributed by atoms with Crippen LogP contribution in [-0.4, -0.2) is 49.0 Å². The largest absolute Gasteiger partial charge is 0.382 e. The second-order valence-electron chi connectivity index (χ2n) is 12.2. The molecule has 0 radical (unpaired) electrons. The van der Waals surface area contributed by atoms with Gasteiger partial charge in [0.25, 0.3) is 0 Å². The molecule has 0 unspecified atom stereocenters. The third-order valence-electron chi connectivity index (χ3n) is 8.55. The van der Waals surface area contributed by atoms with Gasteiger partial charge in [-0.2, -0.15) is 10.5 Å². The zero-order chi connectivity index (χ0) is 39.3. The predicted octanol–water partition coefficient (Wildman–Crippen LogP) is 5.95. The lowest BCUT2D eigenvalue weighted by Crippen LogP contribution is -2.15. The first-order chi connectivity index (χ1) is 27.2. The lowest BCUT2D eigenvalue weighted by atomic mass is 10.2. The lowest BCUT2D eigenvalue weighted by molar-refractivity contribution is 0.628. The fraction of sp³-hybridized carbons (Fsp3) is 0.105. The first-order valence-corrected chi connectivity index (χ1v) is 16.9. The van der Waals surface area contributed by atoms with Crippen LogP contribution in [0.15, 0.2) is 98.1 Å². The molecular weight excluding hydrogens is 719 g/mol. The van der Waals surface area contributed by atoms with E-state index in [2.05, 4.69) is 50.5 Å². The minimum atomic E-state index is -0.378. The van der Waals surface area contributed by atoms with E-state index in [1.165, 1.54) is 36.9 Å². The highest BCUT2D eigenvalue weighted by molar-refractivity contribution is 5.80. The number of fused-ring (bicyclic) bond motifs is 2. The van der Waals surface area contributed by atoms with Crippen molar-refractivity contribution in [2.24, 2.45) is 0 Å². The number of aromatic nitrogens is 10. The second-order valence-corrected chi connectivity index (χ2v) is 12.2. The molecule has 6 N–H and O–H groups in total. The number of halogens is 2. The molecule has 0 bridgehead atoms. The average Bonchev–Trinajstić information content (AvgIpc) is 3.78. The van der Waals surface area contributed by atoms with Crippen molar-refractivity contribution in [2.45, 2.75) is 25.9 Å². The number of benzene rings is 2. The molecule has 0 saturated heterocycles. The Kier molecular flexibility index (Phi) is 10.0. The third kappa shape index (κ3) is 7.13. The van der Waals surface area contributed by atoms with Crippen LogP contribution in [0.5, 0.6) is 0 Å².